The predicted octanol–water partition coefficient (Wildman–Crippen LogP) is 5.86. The first kappa shape index (κ1) is 27.3. The molecule has 5 heteroatoms. The van der Waals surface area contributed by atoms with Gasteiger partial charge in [0.2, 0.25) is 5.91 Å². The van der Waals surface area contributed by atoms with Crippen LogP contribution in [0.5, 0.6) is 5.75 Å². The van der Waals surface area contributed by atoms with Crippen molar-refractivity contribution in [1.82, 2.24) is 0 Å². The Labute approximate surface area is 226 Å². The first-order chi connectivity index (χ1) is 17.9. The third-order valence-electron chi connectivity index (χ3n) is 7.59. The second kappa shape index (κ2) is 10.6. The Bertz CT molecular complexity index is 1370. The lowest BCUT2D eigenvalue weighted by molar-refractivity contribution is 0.1000. The summed E-state index contributed by atoms with van der Waals surface area (Å²) in [4.78, 5) is 13.4. The molecule has 0 heterocycles. The molecule has 0 spiro atoms. The summed E-state index contributed by atoms with van der Waals surface area (Å²) < 4.78 is 6.49. The summed E-state index contributed by atoms with van der Waals surface area (Å²) in [6.07, 6.45) is 1.12. The molecule has 3 N–H and O–H groups in total. The van der Waals surface area contributed by atoms with Gasteiger partial charge < -0.3 is 20.5 Å². The number of benzene rings is 3. The molecule has 0 saturated heterocycles. The van der Waals surface area contributed by atoms with Crippen LogP contribution in [0.25, 0.3) is 0 Å². The van der Waals surface area contributed by atoms with Gasteiger partial charge in [0.05, 0.1) is 0 Å². The molecule has 3 aromatic carbocycles. The summed E-state index contributed by atoms with van der Waals surface area (Å²) in [5.41, 5.74) is 11.7. The maximum Gasteiger partial charge on any atom is 0.248 e. The molecule has 0 saturated carbocycles. The van der Waals surface area contributed by atoms with Crippen molar-refractivity contribution in [3.8, 4) is 17.6 Å². The van der Waals surface area contributed by atoms with Gasteiger partial charge in [0.15, 0.2) is 0 Å². The molecule has 3 aromatic rings. The fourth-order valence-electron chi connectivity index (χ4n) is 5.03. The van der Waals surface area contributed by atoms with E-state index in [1.54, 1.807) is 24.3 Å². The highest BCUT2D eigenvalue weighted by molar-refractivity contribution is 5.92. The van der Waals surface area contributed by atoms with E-state index in [0.717, 1.165) is 29.8 Å². The van der Waals surface area contributed by atoms with Gasteiger partial charge in [-0.25, -0.2) is 0 Å². The number of hydrogen-bond donors (Lipinski definition) is 2. The Morgan fingerprint density at radius 2 is 1.63 bits per heavy atom. The number of carbonyl (C=O) groups excluding carboxylic acids is 1. The van der Waals surface area contributed by atoms with E-state index in [0.29, 0.717) is 23.3 Å². The molecule has 0 bridgehead atoms. The lowest BCUT2D eigenvalue weighted by Crippen LogP contribution is -2.34. The van der Waals surface area contributed by atoms with Crippen molar-refractivity contribution in [3.63, 3.8) is 0 Å². The van der Waals surface area contributed by atoms with Crippen LogP contribution in [0.2, 0.25) is 0 Å². The van der Waals surface area contributed by atoms with Crippen LogP contribution < -0.4 is 15.4 Å². The largest absolute Gasteiger partial charge is 0.489 e. The van der Waals surface area contributed by atoms with E-state index in [1.807, 2.05) is 20.2 Å². The molecule has 198 valence electrons. The number of aliphatic hydroxyl groups excluding tert-OH is 1. The SMILES string of the molecule is CN(C)c1ccc(COc2cc(C(O)C#Cc3ccc(C(N)=O)cc3)cc3c2C(C)(C)CCC3(C)C)cc1. The van der Waals surface area contributed by atoms with Crippen molar-refractivity contribution in [2.24, 2.45) is 5.73 Å². The van der Waals surface area contributed by atoms with Crippen LogP contribution in [0.3, 0.4) is 0 Å². The van der Waals surface area contributed by atoms with Crippen molar-refractivity contribution in [1.29, 1.82) is 0 Å². The quantitative estimate of drug-likeness (QED) is 0.407. The average Bonchev–Trinajstić information content (AvgIpc) is 2.88. The topological polar surface area (TPSA) is 75.8 Å². The summed E-state index contributed by atoms with van der Waals surface area (Å²) in [6.45, 7) is 9.49. The van der Waals surface area contributed by atoms with Crippen LogP contribution in [0.15, 0.2) is 60.7 Å². The summed E-state index contributed by atoms with van der Waals surface area (Å²) in [6, 6.07) is 19.1. The smallest absolute Gasteiger partial charge is 0.248 e. The lowest BCUT2D eigenvalue weighted by atomic mass is 9.62. The molecule has 1 amide bonds. The molecule has 5 nitrogen and oxygen atoms in total. The fraction of sp³-hybridized carbons (Fsp3) is 0.364. The first-order valence-corrected chi connectivity index (χ1v) is 13.0. The number of ether oxygens (including phenoxy) is 1. The maximum atomic E-state index is 11.3. The lowest BCUT2D eigenvalue weighted by Gasteiger charge is -2.43. The number of rotatable bonds is 6. The van der Waals surface area contributed by atoms with Crippen molar-refractivity contribution in [3.05, 3.63) is 94.0 Å². The monoisotopic (exact) mass is 510 g/mol. The van der Waals surface area contributed by atoms with Gasteiger partial charge in [-0.2, -0.15) is 0 Å². The van der Waals surface area contributed by atoms with Gasteiger partial charge in [0.1, 0.15) is 18.5 Å². The fourth-order valence-corrected chi connectivity index (χ4v) is 5.03. The van der Waals surface area contributed by atoms with Gasteiger partial charge >= 0.3 is 0 Å². The Balaban J connectivity index is 1.69. The van der Waals surface area contributed by atoms with Crippen molar-refractivity contribution >= 4 is 11.6 Å². The summed E-state index contributed by atoms with van der Waals surface area (Å²) >= 11 is 0. The molecule has 0 aliphatic heterocycles. The second-order valence-corrected chi connectivity index (χ2v) is 11.7. The second-order valence-electron chi connectivity index (χ2n) is 11.7. The van der Waals surface area contributed by atoms with Gasteiger partial charge in [-0.1, -0.05) is 57.7 Å². The zero-order valence-corrected chi connectivity index (χ0v) is 23.3. The predicted molar refractivity (Wildman–Crippen MR) is 154 cm³/mol. The van der Waals surface area contributed by atoms with Gasteiger partial charge in [0, 0.05) is 36.5 Å². The third kappa shape index (κ3) is 5.87. The highest BCUT2D eigenvalue weighted by Gasteiger charge is 2.40. The average molecular weight is 511 g/mol. The van der Waals surface area contributed by atoms with Crippen LogP contribution in [-0.4, -0.2) is 25.1 Å². The number of nitrogens with zero attached hydrogens (tertiary/aromatic N) is 1. The van der Waals surface area contributed by atoms with Gasteiger partial charge in [-0.05, 0) is 82.8 Å². The summed E-state index contributed by atoms with van der Waals surface area (Å²) in [5, 5.41) is 11.1. The minimum atomic E-state index is -0.987. The van der Waals surface area contributed by atoms with E-state index >= 15 is 0 Å². The molecule has 0 radical (unpaired) electrons. The van der Waals surface area contributed by atoms with Crippen LogP contribution in [0.1, 0.15) is 84.8 Å². The Morgan fingerprint density at radius 3 is 2.24 bits per heavy atom. The number of primary amides is 1. The Kier molecular flexibility index (Phi) is 7.58. The van der Waals surface area contributed by atoms with E-state index < -0.39 is 12.0 Å². The molecule has 1 aliphatic rings. The Hall–Kier alpha value is -3.75. The minimum Gasteiger partial charge on any atom is -0.489 e. The number of fused-ring (bicyclic) bond motifs is 1. The number of amides is 1. The standard InChI is InChI=1S/C33H38N2O3/c1-32(2)17-18-33(3,4)30-27(32)19-25(28(36)16-11-22-7-12-24(13-8-22)31(34)37)20-29(30)38-21-23-9-14-26(15-10-23)35(5)6/h7-10,12-15,19-20,28,36H,17-18,21H2,1-6H3,(H2,34,37). The molecule has 0 aromatic heterocycles. The van der Waals surface area contributed by atoms with Gasteiger partial charge in [-0.3, -0.25) is 4.79 Å². The molecule has 4 rings (SSSR count). The summed E-state index contributed by atoms with van der Waals surface area (Å²) in [5.74, 6) is 6.31. The van der Waals surface area contributed by atoms with Gasteiger partial charge in [0.25, 0.3) is 0 Å². The number of nitrogens with two attached hydrogens (primary N) is 1. The third-order valence-corrected chi connectivity index (χ3v) is 7.59. The number of anilines is 1. The van der Waals surface area contributed by atoms with Crippen LogP contribution >= 0.6 is 0 Å². The van der Waals surface area contributed by atoms with E-state index in [1.165, 1.54) is 11.1 Å². The molecule has 0 fully saturated rings. The van der Waals surface area contributed by atoms with E-state index in [4.69, 9.17) is 10.5 Å². The minimum absolute atomic E-state index is 0.0493. The number of aliphatic hydroxyl groups is 1. The van der Waals surface area contributed by atoms with Crippen LogP contribution in [-0.2, 0) is 17.4 Å². The molecule has 1 unspecified atom stereocenters. The highest BCUT2D eigenvalue weighted by Crippen LogP contribution is 2.50. The molecule has 38 heavy (non-hydrogen) atoms. The van der Waals surface area contributed by atoms with Crippen molar-refractivity contribution in [2.45, 2.75) is 64.1 Å². The molecule has 1 aliphatic carbocycles. The molecular weight excluding hydrogens is 472 g/mol. The first-order valence-electron chi connectivity index (χ1n) is 13.0. The molecular formula is C33H38N2O3. The van der Waals surface area contributed by atoms with Crippen LogP contribution in [0.4, 0.5) is 5.69 Å². The number of hydrogen-bond acceptors (Lipinski definition) is 4. The zero-order chi connectivity index (χ0) is 27.7. The van der Waals surface area contributed by atoms with E-state index in [-0.39, 0.29) is 10.8 Å². The van der Waals surface area contributed by atoms with Gasteiger partial charge in [-0.15, -0.1) is 0 Å². The van der Waals surface area contributed by atoms with E-state index in [2.05, 4.69) is 74.8 Å². The van der Waals surface area contributed by atoms with Crippen LogP contribution in [0, 0.1) is 11.8 Å². The zero-order valence-electron chi connectivity index (χ0n) is 23.3. The Morgan fingerprint density at radius 1 is 1.00 bits per heavy atom. The summed E-state index contributed by atoms with van der Waals surface area (Å²) in [7, 11) is 4.05. The number of carbonyl (C=O) groups is 1. The highest BCUT2D eigenvalue weighted by atomic mass is 16.5. The molecule has 1 atom stereocenters. The normalized spacial score (nSPS) is 16.0. The maximum absolute atomic E-state index is 11.3. The van der Waals surface area contributed by atoms with Crippen molar-refractivity contribution < 1.29 is 14.6 Å². The van der Waals surface area contributed by atoms with E-state index in [9.17, 15) is 9.90 Å². The van der Waals surface area contributed by atoms with Crippen molar-refractivity contribution in [2.75, 3.05) is 19.0 Å².